The first-order valence-corrected chi connectivity index (χ1v) is 8.49. The smallest absolute Gasteiger partial charge is 0.255 e. The van der Waals surface area contributed by atoms with E-state index in [1.54, 1.807) is 12.1 Å². The Bertz CT molecular complexity index is 756. The van der Waals surface area contributed by atoms with Crippen LogP contribution in [-0.2, 0) is 6.42 Å². The number of rotatable bonds is 7. The molecule has 132 valence electrons. The first-order chi connectivity index (χ1) is 12.1. The van der Waals surface area contributed by atoms with Gasteiger partial charge in [0.2, 0.25) is 0 Å². The molecule has 25 heavy (non-hydrogen) atoms. The molecule has 0 heterocycles. The number of benzene rings is 2. The van der Waals surface area contributed by atoms with Gasteiger partial charge in [-0.25, -0.2) is 0 Å². The van der Waals surface area contributed by atoms with Gasteiger partial charge in [0.25, 0.3) is 11.8 Å². The zero-order chi connectivity index (χ0) is 18.2. The molecule has 0 atom stereocenters. The third-order valence-corrected chi connectivity index (χ3v) is 3.99. The first-order valence-electron chi connectivity index (χ1n) is 8.49. The van der Waals surface area contributed by atoms with Crippen molar-refractivity contribution in [3.8, 4) is 0 Å². The normalized spacial score (nSPS) is 10.4. The summed E-state index contributed by atoms with van der Waals surface area (Å²) < 4.78 is 0. The second-order valence-electron chi connectivity index (χ2n) is 5.85. The summed E-state index contributed by atoms with van der Waals surface area (Å²) in [6.07, 6.45) is 0.776. The summed E-state index contributed by atoms with van der Waals surface area (Å²) in [7, 11) is 1.89. The molecule has 0 aromatic heterocycles. The van der Waals surface area contributed by atoms with E-state index in [1.807, 2.05) is 51.2 Å². The van der Waals surface area contributed by atoms with Crippen LogP contribution in [0.5, 0.6) is 0 Å². The van der Waals surface area contributed by atoms with Gasteiger partial charge in [0, 0.05) is 23.4 Å². The van der Waals surface area contributed by atoms with Crippen LogP contribution in [0.2, 0.25) is 0 Å². The molecule has 0 saturated heterocycles. The van der Waals surface area contributed by atoms with E-state index >= 15 is 0 Å². The largest absolute Gasteiger partial charge is 0.352 e. The molecule has 0 aliphatic rings. The molecule has 5 heteroatoms. The summed E-state index contributed by atoms with van der Waals surface area (Å²) in [5.41, 5.74) is 3.74. The van der Waals surface area contributed by atoms with E-state index < -0.39 is 0 Å². The fourth-order valence-corrected chi connectivity index (χ4v) is 2.57. The zero-order valence-electron chi connectivity index (χ0n) is 15.0. The second kappa shape index (κ2) is 8.99. The van der Waals surface area contributed by atoms with E-state index in [2.05, 4.69) is 16.0 Å². The van der Waals surface area contributed by atoms with Crippen LogP contribution < -0.4 is 16.0 Å². The molecule has 2 aromatic rings. The number of hydrogen-bond donors (Lipinski definition) is 3. The van der Waals surface area contributed by atoms with Gasteiger partial charge in [0.05, 0.1) is 0 Å². The van der Waals surface area contributed by atoms with Crippen molar-refractivity contribution in [3.05, 3.63) is 64.7 Å². The average molecular weight is 339 g/mol. The van der Waals surface area contributed by atoms with E-state index in [-0.39, 0.29) is 11.8 Å². The van der Waals surface area contributed by atoms with Crippen LogP contribution >= 0.6 is 0 Å². The van der Waals surface area contributed by atoms with E-state index in [0.717, 1.165) is 24.1 Å². The molecule has 5 nitrogen and oxygen atoms in total. The third-order valence-electron chi connectivity index (χ3n) is 3.99. The second-order valence-corrected chi connectivity index (χ2v) is 5.85. The van der Waals surface area contributed by atoms with Crippen molar-refractivity contribution in [2.45, 2.75) is 20.3 Å². The van der Waals surface area contributed by atoms with Gasteiger partial charge in [-0.2, -0.15) is 0 Å². The van der Waals surface area contributed by atoms with Crippen LogP contribution in [0.4, 0.5) is 5.69 Å². The predicted molar refractivity (Wildman–Crippen MR) is 101 cm³/mol. The summed E-state index contributed by atoms with van der Waals surface area (Å²) in [5.74, 6) is -0.310. The molecule has 0 fully saturated rings. The van der Waals surface area contributed by atoms with Crippen molar-refractivity contribution in [2.75, 3.05) is 25.5 Å². The molecule has 0 spiro atoms. The summed E-state index contributed by atoms with van der Waals surface area (Å²) >= 11 is 0. The lowest BCUT2D eigenvalue weighted by atomic mass is 10.0. The molecule has 2 amide bonds. The number of carbonyl (C=O) groups excluding carboxylic acids is 2. The maximum absolute atomic E-state index is 12.7. The van der Waals surface area contributed by atoms with Crippen molar-refractivity contribution in [1.29, 1.82) is 0 Å². The summed E-state index contributed by atoms with van der Waals surface area (Å²) in [6, 6.07) is 12.9. The van der Waals surface area contributed by atoms with Crippen molar-refractivity contribution in [3.63, 3.8) is 0 Å². The molecule has 0 aliphatic carbocycles. The number of aryl methyl sites for hydroxylation is 1. The summed E-state index contributed by atoms with van der Waals surface area (Å²) in [4.78, 5) is 24.7. The van der Waals surface area contributed by atoms with Gasteiger partial charge in [0.15, 0.2) is 0 Å². The van der Waals surface area contributed by atoms with Gasteiger partial charge in [-0.1, -0.05) is 24.3 Å². The summed E-state index contributed by atoms with van der Waals surface area (Å²) in [6.45, 7) is 5.14. The lowest BCUT2D eigenvalue weighted by Crippen LogP contribution is -2.23. The zero-order valence-corrected chi connectivity index (χ0v) is 15.0. The molecule has 2 aromatic carbocycles. The fourth-order valence-electron chi connectivity index (χ4n) is 2.57. The van der Waals surface area contributed by atoms with Gasteiger partial charge >= 0.3 is 0 Å². The molecular formula is C20H25N3O2. The van der Waals surface area contributed by atoms with Crippen LogP contribution in [0.3, 0.4) is 0 Å². The number of likely N-dealkylation sites (N-methyl/N-ethyl adjacent to an activating group) is 1. The average Bonchev–Trinajstić information content (AvgIpc) is 2.62. The lowest BCUT2D eigenvalue weighted by molar-refractivity contribution is 0.0954. The van der Waals surface area contributed by atoms with Crippen molar-refractivity contribution in [1.82, 2.24) is 10.6 Å². The quantitative estimate of drug-likeness (QED) is 0.726. The van der Waals surface area contributed by atoms with Crippen LogP contribution in [0.25, 0.3) is 0 Å². The first kappa shape index (κ1) is 18.7. The van der Waals surface area contributed by atoms with Gasteiger partial charge in [-0.15, -0.1) is 0 Å². The Balaban J connectivity index is 2.23. The van der Waals surface area contributed by atoms with Crippen LogP contribution in [0.15, 0.2) is 42.5 Å². The molecule has 0 radical (unpaired) electrons. The van der Waals surface area contributed by atoms with E-state index in [4.69, 9.17) is 0 Å². The van der Waals surface area contributed by atoms with Gasteiger partial charge in [-0.3, -0.25) is 9.59 Å². The third kappa shape index (κ3) is 4.90. The number of anilines is 1. The number of carbonyl (C=O) groups is 2. The molecule has 0 unspecified atom stereocenters. The number of amides is 2. The minimum Gasteiger partial charge on any atom is -0.352 e. The van der Waals surface area contributed by atoms with Gasteiger partial charge < -0.3 is 16.0 Å². The van der Waals surface area contributed by atoms with Crippen LogP contribution in [0, 0.1) is 6.92 Å². The highest BCUT2D eigenvalue weighted by Gasteiger charge is 2.13. The minimum atomic E-state index is -0.164. The molecule has 0 bridgehead atoms. The highest BCUT2D eigenvalue weighted by molar-refractivity contribution is 6.06. The highest BCUT2D eigenvalue weighted by atomic mass is 16.2. The van der Waals surface area contributed by atoms with E-state index in [0.29, 0.717) is 23.4 Å². The Labute approximate surface area is 148 Å². The highest BCUT2D eigenvalue weighted by Crippen LogP contribution is 2.19. The molecule has 0 saturated carbocycles. The maximum Gasteiger partial charge on any atom is 0.255 e. The Hall–Kier alpha value is -2.66. The Morgan fingerprint density at radius 2 is 1.80 bits per heavy atom. The topological polar surface area (TPSA) is 70.2 Å². The minimum absolute atomic E-state index is 0.146. The number of hydrogen-bond acceptors (Lipinski definition) is 3. The van der Waals surface area contributed by atoms with Crippen molar-refractivity contribution in [2.24, 2.45) is 0 Å². The Morgan fingerprint density at radius 1 is 1.04 bits per heavy atom. The lowest BCUT2D eigenvalue weighted by Gasteiger charge is -2.13. The predicted octanol–water partition coefficient (Wildman–Crippen LogP) is 2.76. The molecular weight excluding hydrogens is 314 g/mol. The molecule has 3 N–H and O–H groups in total. The Morgan fingerprint density at radius 3 is 2.52 bits per heavy atom. The monoisotopic (exact) mass is 339 g/mol. The van der Waals surface area contributed by atoms with E-state index in [9.17, 15) is 9.59 Å². The fraction of sp³-hybridized carbons (Fsp3) is 0.300. The molecule has 0 aliphatic heterocycles. The summed E-state index contributed by atoms with van der Waals surface area (Å²) in [5, 5.41) is 8.81. The van der Waals surface area contributed by atoms with E-state index in [1.165, 1.54) is 0 Å². The van der Waals surface area contributed by atoms with Gasteiger partial charge in [-0.05, 0) is 63.2 Å². The number of nitrogens with one attached hydrogen (secondary N) is 3. The Kier molecular flexibility index (Phi) is 6.71. The van der Waals surface area contributed by atoms with Crippen LogP contribution in [0.1, 0.15) is 38.8 Å². The van der Waals surface area contributed by atoms with Gasteiger partial charge in [0.1, 0.15) is 0 Å². The van der Waals surface area contributed by atoms with Crippen molar-refractivity contribution >= 4 is 17.5 Å². The maximum atomic E-state index is 12.7. The SMILES string of the molecule is CCNC(=O)c1ccc(C)c(NC(=O)c2ccccc2CCNC)c1. The molecule has 2 rings (SSSR count). The van der Waals surface area contributed by atoms with Crippen LogP contribution in [-0.4, -0.2) is 32.0 Å². The van der Waals surface area contributed by atoms with Crippen molar-refractivity contribution < 1.29 is 9.59 Å². The standard InChI is InChI=1S/C20H25N3O2/c1-4-22-19(24)16-10-9-14(2)18(13-16)23-20(25)17-8-6-5-7-15(17)11-12-21-3/h5-10,13,21H,4,11-12H2,1-3H3,(H,22,24)(H,23,25).